The number of sulfonamides is 1. The molecule has 6 nitrogen and oxygen atoms in total. The fourth-order valence-corrected chi connectivity index (χ4v) is 5.88. The second-order valence-corrected chi connectivity index (χ2v) is 10.3. The number of hydrogen-bond acceptors (Lipinski definition) is 4. The molecule has 36 heavy (non-hydrogen) atoms. The van der Waals surface area contributed by atoms with Crippen LogP contribution in [0.15, 0.2) is 102 Å². The van der Waals surface area contributed by atoms with Gasteiger partial charge in [-0.1, -0.05) is 71.7 Å². The second-order valence-electron chi connectivity index (χ2n) is 7.63. The van der Waals surface area contributed by atoms with E-state index in [-0.39, 0.29) is 27.0 Å². The number of rotatable bonds is 8. The predicted octanol–water partition coefficient (Wildman–Crippen LogP) is 7.25. The Morgan fingerprint density at radius 2 is 1.47 bits per heavy atom. The predicted molar refractivity (Wildman–Crippen MR) is 144 cm³/mol. The summed E-state index contributed by atoms with van der Waals surface area (Å²) in [5.41, 5.74) is 0.823. The van der Waals surface area contributed by atoms with E-state index in [2.05, 4.69) is 5.32 Å². The molecule has 0 atom stereocenters. The molecule has 0 spiro atoms. The van der Waals surface area contributed by atoms with Gasteiger partial charge in [0.15, 0.2) is 5.75 Å². The van der Waals surface area contributed by atoms with Gasteiger partial charge in [0.25, 0.3) is 15.9 Å². The Morgan fingerprint density at radius 1 is 0.861 bits per heavy atom. The van der Waals surface area contributed by atoms with Gasteiger partial charge in [-0.05, 0) is 55.5 Å². The van der Waals surface area contributed by atoms with Crippen LogP contribution >= 0.6 is 23.2 Å². The van der Waals surface area contributed by atoms with Crippen LogP contribution in [-0.4, -0.2) is 20.9 Å². The molecule has 0 saturated heterocycles. The lowest BCUT2D eigenvalue weighted by Gasteiger charge is -2.24. The molecule has 184 valence electrons. The fraction of sp³-hybridized carbons (Fsp3) is 0.0741. The Bertz CT molecular complexity index is 1480. The molecule has 9 heteroatoms. The highest BCUT2D eigenvalue weighted by molar-refractivity contribution is 7.93. The second kappa shape index (κ2) is 11.0. The number of anilines is 2. The molecule has 0 saturated carbocycles. The summed E-state index contributed by atoms with van der Waals surface area (Å²) in [6, 6.07) is 27.1. The highest BCUT2D eigenvalue weighted by Crippen LogP contribution is 2.34. The van der Waals surface area contributed by atoms with Gasteiger partial charge in [-0.2, -0.15) is 0 Å². The average molecular weight is 541 g/mol. The van der Waals surface area contributed by atoms with Gasteiger partial charge in [0.2, 0.25) is 0 Å². The van der Waals surface area contributed by atoms with Crippen LogP contribution < -0.4 is 14.4 Å². The maximum absolute atomic E-state index is 13.5. The molecule has 1 N–H and O–H groups in total. The van der Waals surface area contributed by atoms with E-state index in [1.165, 1.54) is 16.4 Å². The minimum Gasteiger partial charge on any atom is -0.455 e. The minimum atomic E-state index is -4.09. The molecule has 0 aliphatic rings. The first kappa shape index (κ1) is 25.6. The van der Waals surface area contributed by atoms with Gasteiger partial charge < -0.3 is 10.1 Å². The van der Waals surface area contributed by atoms with Crippen LogP contribution in [0.3, 0.4) is 0 Å². The molecule has 4 rings (SSSR count). The van der Waals surface area contributed by atoms with Gasteiger partial charge in [0.05, 0.1) is 27.0 Å². The van der Waals surface area contributed by atoms with Crippen LogP contribution in [0.1, 0.15) is 17.3 Å². The van der Waals surface area contributed by atoms with Gasteiger partial charge in [-0.15, -0.1) is 0 Å². The van der Waals surface area contributed by atoms with Crippen molar-refractivity contribution < 1.29 is 17.9 Å². The molecule has 0 aliphatic carbocycles. The number of hydrogen-bond donors (Lipinski definition) is 1. The quantitative estimate of drug-likeness (QED) is 0.255. The van der Waals surface area contributed by atoms with Crippen molar-refractivity contribution in [1.29, 1.82) is 0 Å². The van der Waals surface area contributed by atoms with Crippen molar-refractivity contribution in [2.24, 2.45) is 0 Å². The number of benzene rings is 4. The standard InChI is InChI=1S/C27H22Cl2N2O4S/c1-2-31(19-11-5-3-6-12-19)36(33,34)26-17-21(22(28)18-23(26)29)27(32)30-24-15-9-10-16-25(24)35-20-13-7-4-8-14-20/h3-18H,2H2,1H3,(H,30,32). The lowest BCUT2D eigenvalue weighted by Crippen LogP contribution is -2.31. The molecule has 4 aromatic carbocycles. The van der Waals surface area contributed by atoms with Crippen LogP contribution in [0.25, 0.3) is 0 Å². The number of nitrogens with zero attached hydrogens (tertiary/aromatic N) is 1. The average Bonchev–Trinajstić information content (AvgIpc) is 2.86. The summed E-state index contributed by atoms with van der Waals surface area (Å²) >= 11 is 12.6. The Balaban J connectivity index is 1.67. The molecule has 0 aliphatic heterocycles. The maximum atomic E-state index is 13.5. The van der Waals surface area contributed by atoms with Crippen molar-refractivity contribution in [1.82, 2.24) is 0 Å². The maximum Gasteiger partial charge on any atom is 0.265 e. The van der Waals surface area contributed by atoms with Crippen LogP contribution in [0.4, 0.5) is 11.4 Å². The molecule has 0 fully saturated rings. The largest absolute Gasteiger partial charge is 0.455 e. The summed E-state index contributed by atoms with van der Waals surface area (Å²) in [6.07, 6.45) is 0. The molecule has 0 radical (unpaired) electrons. The molecule has 4 aromatic rings. The summed E-state index contributed by atoms with van der Waals surface area (Å²) in [7, 11) is -4.09. The lowest BCUT2D eigenvalue weighted by atomic mass is 10.2. The Morgan fingerprint density at radius 3 is 2.14 bits per heavy atom. The van der Waals surface area contributed by atoms with Crippen LogP contribution in [0.2, 0.25) is 10.0 Å². The third-order valence-electron chi connectivity index (χ3n) is 5.27. The van der Waals surface area contributed by atoms with Gasteiger partial charge in [0, 0.05) is 6.54 Å². The number of halogens is 2. The Kier molecular flexibility index (Phi) is 7.84. The Labute approximate surface area is 220 Å². The first-order chi connectivity index (χ1) is 17.3. The van der Waals surface area contributed by atoms with Crippen molar-refractivity contribution >= 4 is 50.5 Å². The van der Waals surface area contributed by atoms with Crippen LogP contribution in [0, 0.1) is 0 Å². The monoisotopic (exact) mass is 540 g/mol. The number of carbonyl (C=O) groups excluding carboxylic acids is 1. The summed E-state index contributed by atoms with van der Waals surface area (Å²) in [5, 5.41) is 2.69. The number of ether oxygens (including phenoxy) is 1. The molecular formula is C27H22Cl2N2O4S. The van der Waals surface area contributed by atoms with E-state index >= 15 is 0 Å². The zero-order chi connectivity index (χ0) is 25.7. The number of para-hydroxylation sites is 4. The molecule has 0 unspecified atom stereocenters. The third-order valence-corrected chi connectivity index (χ3v) is 7.95. The van der Waals surface area contributed by atoms with E-state index in [0.29, 0.717) is 22.9 Å². The molecule has 0 aromatic heterocycles. The highest BCUT2D eigenvalue weighted by atomic mass is 35.5. The van der Waals surface area contributed by atoms with Gasteiger partial charge in [-0.3, -0.25) is 9.10 Å². The first-order valence-corrected chi connectivity index (χ1v) is 13.2. The summed E-state index contributed by atoms with van der Waals surface area (Å²) in [5.74, 6) is 0.397. The molecular weight excluding hydrogens is 519 g/mol. The van der Waals surface area contributed by atoms with Crippen LogP contribution in [-0.2, 0) is 10.0 Å². The van der Waals surface area contributed by atoms with Gasteiger partial charge in [-0.25, -0.2) is 8.42 Å². The Hall–Kier alpha value is -3.52. The zero-order valence-electron chi connectivity index (χ0n) is 19.2. The van der Waals surface area contributed by atoms with Crippen molar-refractivity contribution in [2.75, 3.05) is 16.2 Å². The van der Waals surface area contributed by atoms with Crippen molar-refractivity contribution in [3.05, 3.63) is 113 Å². The van der Waals surface area contributed by atoms with Gasteiger partial charge in [0.1, 0.15) is 10.6 Å². The zero-order valence-corrected chi connectivity index (χ0v) is 21.5. The number of nitrogens with one attached hydrogen (secondary N) is 1. The van der Waals surface area contributed by atoms with E-state index < -0.39 is 15.9 Å². The summed E-state index contributed by atoms with van der Waals surface area (Å²) < 4.78 is 34.2. The van der Waals surface area contributed by atoms with E-state index in [4.69, 9.17) is 27.9 Å². The third kappa shape index (κ3) is 5.49. The minimum absolute atomic E-state index is 0.0145. The number of amides is 1. The molecule has 0 bridgehead atoms. The van der Waals surface area contributed by atoms with E-state index in [0.717, 1.165) is 0 Å². The SMILES string of the molecule is CCN(c1ccccc1)S(=O)(=O)c1cc(C(=O)Nc2ccccc2Oc2ccccc2)c(Cl)cc1Cl. The van der Waals surface area contributed by atoms with E-state index in [1.54, 1.807) is 73.7 Å². The van der Waals surface area contributed by atoms with Crippen molar-refractivity contribution in [3.63, 3.8) is 0 Å². The highest BCUT2D eigenvalue weighted by Gasteiger charge is 2.28. The fourth-order valence-electron chi connectivity index (χ4n) is 3.57. The summed E-state index contributed by atoms with van der Waals surface area (Å²) in [4.78, 5) is 13.0. The summed E-state index contributed by atoms with van der Waals surface area (Å²) in [6.45, 7) is 1.88. The first-order valence-electron chi connectivity index (χ1n) is 11.0. The normalized spacial score (nSPS) is 11.1. The molecule has 1 amide bonds. The topological polar surface area (TPSA) is 75.7 Å². The lowest BCUT2D eigenvalue weighted by molar-refractivity contribution is 0.102. The van der Waals surface area contributed by atoms with Crippen molar-refractivity contribution in [3.8, 4) is 11.5 Å². The van der Waals surface area contributed by atoms with E-state index in [9.17, 15) is 13.2 Å². The van der Waals surface area contributed by atoms with Gasteiger partial charge >= 0.3 is 0 Å². The van der Waals surface area contributed by atoms with Crippen molar-refractivity contribution in [2.45, 2.75) is 11.8 Å². The smallest absolute Gasteiger partial charge is 0.265 e. The molecule has 0 heterocycles. The number of carbonyl (C=O) groups is 1. The van der Waals surface area contributed by atoms with Crippen LogP contribution in [0.5, 0.6) is 11.5 Å². The van der Waals surface area contributed by atoms with E-state index in [1.807, 2.05) is 18.2 Å².